The van der Waals surface area contributed by atoms with Crippen LogP contribution in [-0.4, -0.2) is 62.3 Å². The van der Waals surface area contributed by atoms with Crippen molar-refractivity contribution in [1.82, 2.24) is 14.7 Å². The van der Waals surface area contributed by atoms with E-state index >= 15 is 0 Å². The van der Waals surface area contributed by atoms with Gasteiger partial charge in [0.1, 0.15) is 12.4 Å². The Labute approximate surface area is 260 Å². The van der Waals surface area contributed by atoms with Gasteiger partial charge in [0.15, 0.2) is 0 Å². The maximum Gasteiger partial charge on any atom is 0.264 e. The smallest absolute Gasteiger partial charge is 0.264 e. The monoisotopic (exact) mass is 616 g/mol. The Morgan fingerprint density at radius 3 is 2.09 bits per heavy atom. The number of aromatic nitrogens is 2. The average molecular weight is 617 g/mol. The van der Waals surface area contributed by atoms with E-state index < -0.39 is 28.1 Å². The first-order valence-corrected chi connectivity index (χ1v) is 16.0. The lowest BCUT2D eigenvalue weighted by molar-refractivity contribution is -0.128. The molecule has 0 atom stereocenters. The number of hydrogen-bond acceptors (Lipinski definition) is 8. The molecule has 9 nitrogen and oxygen atoms in total. The first-order chi connectivity index (χ1) is 20.9. The van der Waals surface area contributed by atoms with Crippen molar-refractivity contribution in [2.75, 3.05) is 31.3 Å². The van der Waals surface area contributed by atoms with Gasteiger partial charge < -0.3 is 14.4 Å². The Bertz CT molecular complexity index is 1630. The molecular formula is C34H40N4O5S. The van der Waals surface area contributed by atoms with Gasteiger partial charge in [-0.05, 0) is 46.8 Å². The number of rotatable bonds is 14. The summed E-state index contributed by atoms with van der Waals surface area (Å²) in [6.07, 6.45) is 1.80. The Balaban J connectivity index is 1.36. The summed E-state index contributed by atoms with van der Waals surface area (Å²) in [5.74, 6) is -0.0123. The van der Waals surface area contributed by atoms with Crippen LogP contribution in [0.15, 0.2) is 96.0 Å². The number of amides is 1. The third kappa shape index (κ3) is 8.95. The molecule has 0 saturated heterocycles. The molecule has 0 aliphatic heterocycles. The van der Waals surface area contributed by atoms with Gasteiger partial charge in [-0.2, -0.15) is 0 Å². The third-order valence-corrected chi connectivity index (χ3v) is 8.25. The van der Waals surface area contributed by atoms with Crippen molar-refractivity contribution >= 4 is 21.7 Å². The van der Waals surface area contributed by atoms with Crippen LogP contribution in [0, 0.1) is 6.92 Å². The van der Waals surface area contributed by atoms with Gasteiger partial charge in [-0.3, -0.25) is 9.78 Å². The summed E-state index contributed by atoms with van der Waals surface area (Å²) in [6, 6.07) is 26.4. The second-order valence-electron chi connectivity index (χ2n) is 11.4. The topological polar surface area (TPSA) is 111 Å². The number of hydrogen-bond donors (Lipinski definition) is 1. The molecular weight excluding hydrogens is 576 g/mol. The number of benzene rings is 3. The Kier molecular flexibility index (Phi) is 10.9. The largest absolute Gasteiger partial charge is 0.371 e. The first-order valence-electron chi connectivity index (χ1n) is 14.5. The predicted molar refractivity (Wildman–Crippen MR) is 173 cm³/mol. The summed E-state index contributed by atoms with van der Waals surface area (Å²) in [7, 11) is -3.97. The van der Waals surface area contributed by atoms with Crippen molar-refractivity contribution in [1.29, 1.82) is 0 Å². The minimum absolute atomic E-state index is 0.0186. The summed E-state index contributed by atoms with van der Waals surface area (Å²) in [5, 5.41) is 0. The van der Waals surface area contributed by atoms with E-state index in [1.807, 2.05) is 86.2 Å². The molecule has 0 saturated carbocycles. The maximum absolute atomic E-state index is 12.5. The lowest BCUT2D eigenvalue weighted by Gasteiger charge is -2.31. The molecule has 0 spiro atoms. The molecule has 1 N–H and O–H groups in total. The van der Waals surface area contributed by atoms with Crippen molar-refractivity contribution < 1.29 is 22.7 Å². The summed E-state index contributed by atoms with van der Waals surface area (Å²) in [6.45, 7) is 10.3. The summed E-state index contributed by atoms with van der Waals surface area (Å²) in [5.41, 5.74) is 3.79. The van der Waals surface area contributed by atoms with E-state index in [1.54, 1.807) is 18.3 Å². The SMILES string of the molecule is Cc1ccc(S(=O)(=O)NC(=O)COCC(C)(C)OCCN(c2cnc(-c3ccccc3)c(-c3ccccc3)n2)C(C)C)cc1. The predicted octanol–water partition coefficient (Wildman–Crippen LogP) is 5.65. The van der Waals surface area contributed by atoms with Crippen molar-refractivity contribution in [3.05, 3.63) is 96.7 Å². The van der Waals surface area contributed by atoms with Crippen LogP contribution >= 0.6 is 0 Å². The van der Waals surface area contributed by atoms with Gasteiger partial charge in [0.05, 0.1) is 41.3 Å². The molecule has 10 heteroatoms. The number of carbonyl (C=O) groups excluding carboxylic acids is 1. The fourth-order valence-corrected chi connectivity index (χ4v) is 5.54. The second-order valence-corrected chi connectivity index (χ2v) is 13.1. The Morgan fingerprint density at radius 2 is 1.50 bits per heavy atom. The highest BCUT2D eigenvalue weighted by Gasteiger charge is 2.23. The number of sulfonamides is 1. The number of ether oxygens (including phenoxy) is 2. The molecule has 232 valence electrons. The van der Waals surface area contributed by atoms with E-state index in [4.69, 9.17) is 19.4 Å². The summed E-state index contributed by atoms with van der Waals surface area (Å²) < 4.78 is 38.6. The number of nitrogens with zero attached hydrogens (tertiary/aromatic N) is 3. The highest BCUT2D eigenvalue weighted by atomic mass is 32.2. The molecule has 0 radical (unpaired) electrons. The van der Waals surface area contributed by atoms with Crippen LogP contribution in [0.25, 0.3) is 22.5 Å². The molecule has 44 heavy (non-hydrogen) atoms. The van der Waals surface area contributed by atoms with E-state index in [9.17, 15) is 13.2 Å². The fraction of sp³-hybridized carbons (Fsp3) is 0.324. The molecule has 0 aliphatic carbocycles. The van der Waals surface area contributed by atoms with E-state index in [-0.39, 0.29) is 17.5 Å². The number of carbonyl (C=O) groups is 1. The normalized spacial score (nSPS) is 11.9. The molecule has 0 fully saturated rings. The Hall–Kier alpha value is -4.12. The van der Waals surface area contributed by atoms with Crippen LogP contribution < -0.4 is 9.62 Å². The van der Waals surface area contributed by atoms with Gasteiger partial charge in [-0.1, -0.05) is 78.4 Å². The van der Waals surface area contributed by atoms with E-state index in [0.29, 0.717) is 13.2 Å². The molecule has 1 amide bonds. The molecule has 0 unspecified atom stereocenters. The standard InChI is InChI=1S/C34H40N4O5S/c1-25(2)38(30-22-35-32(27-12-8-6-9-13-27)33(36-30)28-14-10-7-11-15-28)20-21-43-34(4,5)24-42-23-31(39)37-44(40,41)29-18-16-26(3)17-19-29/h6-19,22,25H,20-21,23-24H2,1-5H3,(H,37,39). The van der Waals surface area contributed by atoms with Crippen LogP contribution in [0.4, 0.5) is 5.82 Å². The molecule has 0 aliphatic rings. The van der Waals surface area contributed by atoms with Gasteiger partial charge in [0.25, 0.3) is 15.9 Å². The van der Waals surface area contributed by atoms with Crippen LogP contribution in [0.3, 0.4) is 0 Å². The maximum atomic E-state index is 12.5. The zero-order chi connectivity index (χ0) is 31.7. The van der Waals surface area contributed by atoms with Crippen molar-refractivity contribution in [3.63, 3.8) is 0 Å². The van der Waals surface area contributed by atoms with Gasteiger partial charge in [-0.25, -0.2) is 18.1 Å². The van der Waals surface area contributed by atoms with Crippen LogP contribution in [0.5, 0.6) is 0 Å². The molecule has 4 aromatic rings. The van der Waals surface area contributed by atoms with Crippen molar-refractivity contribution in [2.24, 2.45) is 0 Å². The number of nitrogens with one attached hydrogen (secondary N) is 1. The minimum atomic E-state index is -3.97. The lowest BCUT2D eigenvalue weighted by atomic mass is 10.0. The first kappa shape index (κ1) is 32.8. The van der Waals surface area contributed by atoms with E-state index in [0.717, 1.165) is 33.9 Å². The molecule has 1 heterocycles. The third-order valence-electron chi connectivity index (χ3n) is 6.86. The quantitative estimate of drug-likeness (QED) is 0.194. The van der Waals surface area contributed by atoms with Gasteiger partial charge in [0.2, 0.25) is 0 Å². The number of anilines is 1. The molecule has 1 aromatic heterocycles. The zero-order valence-corrected chi connectivity index (χ0v) is 26.7. The highest BCUT2D eigenvalue weighted by Crippen LogP contribution is 2.31. The summed E-state index contributed by atoms with van der Waals surface area (Å²) in [4.78, 5) is 24.4. The molecule has 0 bridgehead atoms. The Morgan fingerprint density at radius 1 is 0.909 bits per heavy atom. The van der Waals surface area contributed by atoms with Gasteiger partial charge in [0, 0.05) is 23.7 Å². The van der Waals surface area contributed by atoms with Crippen molar-refractivity contribution in [2.45, 2.75) is 51.2 Å². The second kappa shape index (κ2) is 14.6. The zero-order valence-electron chi connectivity index (χ0n) is 25.9. The van der Waals surface area contributed by atoms with Crippen molar-refractivity contribution in [3.8, 4) is 22.5 Å². The average Bonchev–Trinajstić information content (AvgIpc) is 2.99. The highest BCUT2D eigenvalue weighted by molar-refractivity contribution is 7.90. The van der Waals surface area contributed by atoms with Gasteiger partial charge >= 0.3 is 0 Å². The minimum Gasteiger partial charge on any atom is -0.371 e. The summed E-state index contributed by atoms with van der Waals surface area (Å²) >= 11 is 0. The fourth-order valence-electron chi connectivity index (χ4n) is 4.57. The van der Waals surface area contributed by atoms with Crippen LogP contribution in [-0.2, 0) is 24.3 Å². The van der Waals surface area contributed by atoms with Crippen LogP contribution in [0.2, 0.25) is 0 Å². The van der Waals surface area contributed by atoms with E-state index in [2.05, 4.69) is 18.7 Å². The van der Waals surface area contributed by atoms with E-state index in [1.165, 1.54) is 12.1 Å². The van der Waals surface area contributed by atoms with Crippen LogP contribution in [0.1, 0.15) is 33.3 Å². The number of aryl methyl sites for hydroxylation is 1. The molecule has 4 rings (SSSR count). The molecule has 3 aromatic carbocycles. The van der Waals surface area contributed by atoms with Gasteiger partial charge in [-0.15, -0.1) is 0 Å². The lowest BCUT2D eigenvalue weighted by Crippen LogP contribution is -2.39.